The van der Waals surface area contributed by atoms with Crippen LogP contribution in [0.4, 0.5) is 4.39 Å². The van der Waals surface area contributed by atoms with Crippen LogP contribution in [-0.2, 0) is 23.1 Å². The second-order valence-corrected chi connectivity index (χ2v) is 6.24. The first kappa shape index (κ1) is 19.2. The predicted molar refractivity (Wildman–Crippen MR) is 100 cm³/mol. The van der Waals surface area contributed by atoms with Crippen molar-refractivity contribution in [1.29, 1.82) is 0 Å². The number of hydrogen-bond donors (Lipinski definition) is 0. The smallest absolute Gasteiger partial charge is 0.359 e. The van der Waals surface area contributed by atoms with Gasteiger partial charge in [0.05, 0.1) is 5.39 Å². The van der Waals surface area contributed by atoms with E-state index < -0.39 is 24.3 Å². The van der Waals surface area contributed by atoms with Crippen molar-refractivity contribution in [3.05, 3.63) is 76.0 Å². The summed E-state index contributed by atoms with van der Waals surface area (Å²) in [6.07, 6.45) is 0. The maximum atomic E-state index is 13.7. The van der Waals surface area contributed by atoms with Gasteiger partial charge in [0.15, 0.2) is 12.3 Å². The molecule has 1 heterocycles. The number of benzene rings is 2. The van der Waals surface area contributed by atoms with Crippen LogP contribution in [0.2, 0.25) is 0 Å². The first-order chi connectivity index (χ1) is 13.4. The van der Waals surface area contributed by atoms with E-state index in [0.717, 1.165) is 4.68 Å². The SMILES string of the molecule is CN(Cc1ccccc1F)C(=O)COC(=O)c1nn(C)c(=O)c2ccccc12. The van der Waals surface area contributed by atoms with Gasteiger partial charge >= 0.3 is 5.97 Å². The maximum Gasteiger partial charge on any atom is 0.359 e. The maximum absolute atomic E-state index is 13.7. The minimum absolute atomic E-state index is 0.0457. The van der Waals surface area contributed by atoms with Gasteiger partial charge in [-0.1, -0.05) is 36.4 Å². The summed E-state index contributed by atoms with van der Waals surface area (Å²) < 4.78 is 19.8. The molecule has 0 atom stereocenters. The molecule has 1 amide bonds. The van der Waals surface area contributed by atoms with Crippen molar-refractivity contribution in [1.82, 2.24) is 14.7 Å². The van der Waals surface area contributed by atoms with Crippen LogP contribution < -0.4 is 5.56 Å². The predicted octanol–water partition coefficient (Wildman–Crippen LogP) is 1.89. The summed E-state index contributed by atoms with van der Waals surface area (Å²) in [6.45, 7) is -0.479. The zero-order valence-electron chi connectivity index (χ0n) is 15.4. The summed E-state index contributed by atoms with van der Waals surface area (Å²) in [4.78, 5) is 38.0. The number of rotatable bonds is 5. The average molecular weight is 383 g/mol. The number of fused-ring (bicyclic) bond motifs is 1. The highest BCUT2D eigenvalue weighted by atomic mass is 19.1. The Morgan fingerprint density at radius 1 is 1.11 bits per heavy atom. The van der Waals surface area contributed by atoms with Crippen molar-refractivity contribution in [2.24, 2.45) is 7.05 Å². The summed E-state index contributed by atoms with van der Waals surface area (Å²) in [6, 6.07) is 12.7. The van der Waals surface area contributed by atoms with E-state index in [9.17, 15) is 18.8 Å². The van der Waals surface area contributed by atoms with E-state index in [1.807, 2.05) is 0 Å². The third-order valence-corrected chi connectivity index (χ3v) is 4.27. The summed E-state index contributed by atoms with van der Waals surface area (Å²) in [5.74, 6) is -1.73. The van der Waals surface area contributed by atoms with Gasteiger partial charge in [0.1, 0.15) is 5.82 Å². The van der Waals surface area contributed by atoms with Gasteiger partial charge in [-0.15, -0.1) is 0 Å². The third kappa shape index (κ3) is 3.90. The minimum Gasteiger partial charge on any atom is -0.451 e. The van der Waals surface area contributed by atoms with E-state index in [1.165, 1.54) is 25.1 Å². The molecule has 3 rings (SSSR count). The molecule has 8 heteroatoms. The summed E-state index contributed by atoms with van der Waals surface area (Å²) >= 11 is 0. The molecule has 0 spiro atoms. The van der Waals surface area contributed by atoms with Crippen molar-refractivity contribution >= 4 is 22.6 Å². The van der Waals surface area contributed by atoms with Gasteiger partial charge in [0.25, 0.3) is 11.5 Å². The second kappa shape index (κ2) is 7.99. The van der Waals surface area contributed by atoms with E-state index in [4.69, 9.17) is 4.74 Å². The molecule has 0 aliphatic carbocycles. The number of aromatic nitrogens is 2. The molecule has 0 saturated heterocycles. The Hall–Kier alpha value is -3.55. The lowest BCUT2D eigenvalue weighted by Crippen LogP contribution is -2.31. The van der Waals surface area contributed by atoms with Gasteiger partial charge in [-0.3, -0.25) is 9.59 Å². The number of carbonyl (C=O) groups excluding carboxylic acids is 2. The number of carbonyl (C=O) groups is 2. The highest BCUT2D eigenvalue weighted by Gasteiger charge is 2.19. The number of hydrogen-bond acceptors (Lipinski definition) is 5. The molecule has 0 saturated carbocycles. The zero-order valence-corrected chi connectivity index (χ0v) is 15.4. The average Bonchev–Trinajstić information content (AvgIpc) is 2.70. The molecule has 0 fully saturated rings. The zero-order chi connectivity index (χ0) is 20.3. The van der Waals surface area contributed by atoms with Crippen LogP contribution in [0.15, 0.2) is 53.3 Å². The summed E-state index contributed by atoms with van der Waals surface area (Å²) in [5, 5.41) is 4.64. The van der Waals surface area contributed by atoms with Crippen LogP contribution in [0.1, 0.15) is 16.1 Å². The molecule has 0 radical (unpaired) electrons. The molecule has 0 aliphatic heterocycles. The molecule has 0 unspecified atom stereocenters. The van der Waals surface area contributed by atoms with Crippen LogP contribution in [0, 0.1) is 5.82 Å². The second-order valence-electron chi connectivity index (χ2n) is 6.24. The Morgan fingerprint density at radius 3 is 2.46 bits per heavy atom. The molecule has 3 aromatic rings. The fourth-order valence-electron chi connectivity index (χ4n) is 2.73. The van der Waals surface area contributed by atoms with Gasteiger partial charge < -0.3 is 9.64 Å². The van der Waals surface area contributed by atoms with E-state index in [-0.39, 0.29) is 17.8 Å². The summed E-state index contributed by atoms with van der Waals surface area (Å²) in [7, 11) is 2.92. The molecule has 0 bridgehead atoms. The van der Waals surface area contributed by atoms with Gasteiger partial charge in [-0.2, -0.15) is 5.10 Å². The first-order valence-electron chi connectivity index (χ1n) is 8.49. The van der Waals surface area contributed by atoms with Gasteiger partial charge in [-0.05, 0) is 12.1 Å². The highest BCUT2D eigenvalue weighted by molar-refractivity contribution is 6.02. The largest absolute Gasteiger partial charge is 0.451 e. The fraction of sp³-hybridized carbons (Fsp3) is 0.200. The lowest BCUT2D eigenvalue weighted by molar-refractivity contribution is -0.133. The Morgan fingerprint density at radius 2 is 1.75 bits per heavy atom. The number of amides is 1. The highest BCUT2D eigenvalue weighted by Crippen LogP contribution is 2.14. The molecule has 0 aliphatic rings. The van der Waals surface area contributed by atoms with Crippen molar-refractivity contribution in [3.8, 4) is 0 Å². The normalized spacial score (nSPS) is 10.7. The molecule has 144 valence electrons. The van der Waals surface area contributed by atoms with Crippen LogP contribution in [0.3, 0.4) is 0 Å². The van der Waals surface area contributed by atoms with Gasteiger partial charge in [-0.25, -0.2) is 13.9 Å². The lowest BCUT2D eigenvalue weighted by atomic mass is 10.1. The number of likely N-dealkylation sites (N-methyl/N-ethyl adjacent to an activating group) is 1. The van der Waals surface area contributed by atoms with Crippen molar-refractivity contribution in [3.63, 3.8) is 0 Å². The van der Waals surface area contributed by atoms with Gasteiger partial charge in [0.2, 0.25) is 0 Å². The molecule has 2 aromatic carbocycles. The molecular formula is C20H18FN3O4. The van der Waals surface area contributed by atoms with E-state index in [2.05, 4.69) is 5.10 Å². The van der Waals surface area contributed by atoms with E-state index >= 15 is 0 Å². The van der Waals surface area contributed by atoms with E-state index in [1.54, 1.807) is 42.5 Å². The van der Waals surface area contributed by atoms with Gasteiger partial charge in [0, 0.05) is 31.6 Å². The molecular weight excluding hydrogens is 365 g/mol. The van der Waals surface area contributed by atoms with Crippen molar-refractivity contribution < 1.29 is 18.7 Å². The molecule has 7 nitrogen and oxygen atoms in total. The number of aryl methyl sites for hydroxylation is 1. The fourth-order valence-corrected chi connectivity index (χ4v) is 2.73. The Labute approximate surface area is 160 Å². The van der Waals surface area contributed by atoms with Crippen molar-refractivity contribution in [2.45, 2.75) is 6.54 Å². The van der Waals surface area contributed by atoms with Crippen LogP contribution in [-0.4, -0.2) is 40.2 Å². The monoisotopic (exact) mass is 383 g/mol. The topological polar surface area (TPSA) is 81.5 Å². The third-order valence-electron chi connectivity index (χ3n) is 4.27. The van der Waals surface area contributed by atoms with E-state index in [0.29, 0.717) is 16.3 Å². The standard InChI is InChI=1S/C20H18FN3O4/c1-23(11-13-7-3-6-10-16(13)21)17(25)12-28-20(27)18-14-8-4-5-9-15(14)19(26)24(2)22-18/h3-10H,11-12H2,1-2H3. The van der Waals surface area contributed by atoms with Crippen LogP contribution in [0.5, 0.6) is 0 Å². The Balaban J connectivity index is 1.71. The number of halogens is 1. The Kier molecular flexibility index (Phi) is 5.49. The minimum atomic E-state index is -0.820. The quantitative estimate of drug-likeness (QED) is 0.629. The Bertz CT molecular complexity index is 1110. The summed E-state index contributed by atoms with van der Waals surface area (Å²) in [5.41, 5.74) is -0.0366. The number of esters is 1. The first-order valence-corrected chi connectivity index (χ1v) is 8.49. The van der Waals surface area contributed by atoms with Crippen LogP contribution >= 0.6 is 0 Å². The molecule has 28 heavy (non-hydrogen) atoms. The number of nitrogens with zero attached hydrogens (tertiary/aromatic N) is 3. The lowest BCUT2D eigenvalue weighted by Gasteiger charge is -2.17. The van der Waals surface area contributed by atoms with Crippen molar-refractivity contribution in [2.75, 3.05) is 13.7 Å². The number of ether oxygens (including phenoxy) is 1. The van der Waals surface area contributed by atoms with Crippen LogP contribution in [0.25, 0.3) is 10.8 Å². The molecule has 0 N–H and O–H groups in total. The molecule has 1 aromatic heterocycles.